The Morgan fingerprint density at radius 2 is 2.00 bits per heavy atom. The second kappa shape index (κ2) is 3.50. The van der Waals surface area contributed by atoms with E-state index in [4.69, 9.17) is 28.3 Å². The van der Waals surface area contributed by atoms with E-state index in [9.17, 15) is 0 Å². The summed E-state index contributed by atoms with van der Waals surface area (Å²) in [6, 6.07) is 1.41. The molecule has 0 spiro atoms. The maximum Gasteiger partial charge on any atom is 0.171 e. The van der Waals surface area contributed by atoms with Crippen molar-refractivity contribution in [3.8, 4) is 5.75 Å². The summed E-state index contributed by atoms with van der Waals surface area (Å²) in [6.45, 7) is 3.92. The van der Waals surface area contributed by atoms with E-state index in [0.717, 1.165) is 0 Å². The van der Waals surface area contributed by atoms with Gasteiger partial charge in [0.25, 0.3) is 0 Å². The van der Waals surface area contributed by atoms with Gasteiger partial charge in [-0.3, -0.25) is 0 Å². The minimum Gasteiger partial charge on any atom is -0.505 e. The summed E-state index contributed by atoms with van der Waals surface area (Å²) in [5.41, 5.74) is 0.708. The van der Waals surface area contributed by atoms with Gasteiger partial charge in [-0.15, -0.1) is 0 Å². The number of hydrogen-bond acceptors (Lipinski definition) is 2. The Kier molecular flexibility index (Phi) is 2.80. The highest BCUT2D eigenvalue weighted by molar-refractivity contribution is 6.33. The van der Waals surface area contributed by atoms with Gasteiger partial charge < -0.3 is 5.11 Å². The molecule has 0 aliphatic carbocycles. The van der Waals surface area contributed by atoms with Crippen LogP contribution in [-0.2, 0) is 0 Å². The van der Waals surface area contributed by atoms with Gasteiger partial charge in [-0.05, 0) is 5.92 Å². The Morgan fingerprint density at radius 1 is 1.42 bits per heavy atom. The van der Waals surface area contributed by atoms with Gasteiger partial charge in [-0.2, -0.15) is 0 Å². The molecule has 0 unspecified atom stereocenters. The normalized spacial score (nSPS) is 10.8. The molecule has 0 radical (unpaired) electrons. The minimum atomic E-state index is -0.0777. The number of hydrogen-bond donors (Lipinski definition) is 1. The van der Waals surface area contributed by atoms with Crippen LogP contribution in [0.15, 0.2) is 6.07 Å². The van der Waals surface area contributed by atoms with Crippen LogP contribution in [-0.4, -0.2) is 10.1 Å². The standard InChI is InChI=1S/C8H9Cl2NO/c1-4(2)7-5(9)3-6(12)8(10)11-7/h3-4,12H,1-2H3. The number of halogens is 2. The molecule has 0 bridgehead atoms. The van der Waals surface area contributed by atoms with E-state index in [0.29, 0.717) is 10.7 Å². The molecule has 0 atom stereocenters. The molecule has 1 rings (SSSR count). The first-order chi connectivity index (χ1) is 5.52. The van der Waals surface area contributed by atoms with Gasteiger partial charge in [0, 0.05) is 6.07 Å². The molecule has 12 heavy (non-hydrogen) atoms. The third-order valence-electron chi connectivity index (χ3n) is 1.48. The molecule has 4 heteroatoms. The quantitative estimate of drug-likeness (QED) is 0.715. The number of aromatic hydroxyl groups is 1. The summed E-state index contributed by atoms with van der Waals surface area (Å²) in [5.74, 6) is 0.127. The molecule has 1 aromatic heterocycles. The van der Waals surface area contributed by atoms with Crippen molar-refractivity contribution in [2.24, 2.45) is 0 Å². The maximum atomic E-state index is 9.13. The zero-order valence-corrected chi connectivity index (χ0v) is 8.32. The van der Waals surface area contributed by atoms with E-state index < -0.39 is 0 Å². The van der Waals surface area contributed by atoms with E-state index in [1.54, 1.807) is 0 Å². The minimum absolute atomic E-state index is 0.0777. The van der Waals surface area contributed by atoms with E-state index in [1.165, 1.54) is 6.07 Å². The van der Waals surface area contributed by atoms with Gasteiger partial charge in [0.15, 0.2) is 10.9 Å². The average molecular weight is 206 g/mol. The monoisotopic (exact) mass is 205 g/mol. The van der Waals surface area contributed by atoms with Crippen molar-refractivity contribution in [1.29, 1.82) is 0 Å². The van der Waals surface area contributed by atoms with Gasteiger partial charge in [-0.1, -0.05) is 37.0 Å². The predicted molar refractivity (Wildman–Crippen MR) is 50.0 cm³/mol. The topological polar surface area (TPSA) is 33.1 Å². The second-order valence-corrected chi connectivity index (χ2v) is 3.59. The van der Waals surface area contributed by atoms with Crippen LogP contribution in [0.5, 0.6) is 5.75 Å². The average Bonchev–Trinajstić information content (AvgIpc) is 1.96. The highest BCUT2D eigenvalue weighted by atomic mass is 35.5. The van der Waals surface area contributed by atoms with Crippen LogP contribution in [0.3, 0.4) is 0 Å². The lowest BCUT2D eigenvalue weighted by molar-refractivity contribution is 0.472. The van der Waals surface area contributed by atoms with Crippen LogP contribution in [0.1, 0.15) is 25.5 Å². The van der Waals surface area contributed by atoms with Crippen molar-refractivity contribution in [2.75, 3.05) is 0 Å². The Bertz CT molecular complexity index is 299. The lowest BCUT2D eigenvalue weighted by atomic mass is 10.1. The molecule has 1 N–H and O–H groups in total. The van der Waals surface area contributed by atoms with E-state index >= 15 is 0 Å². The third kappa shape index (κ3) is 1.82. The number of nitrogens with zero attached hydrogens (tertiary/aromatic N) is 1. The Morgan fingerprint density at radius 3 is 2.50 bits per heavy atom. The van der Waals surface area contributed by atoms with Crippen LogP contribution in [0, 0.1) is 0 Å². The molecule has 0 saturated heterocycles. The van der Waals surface area contributed by atoms with Crippen molar-refractivity contribution in [1.82, 2.24) is 4.98 Å². The SMILES string of the molecule is CC(C)c1nc(Cl)c(O)cc1Cl. The van der Waals surface area contributed by atoms with Crippen molar-refractivity contribution >= 4 is 23.2 Å². The smallest absolute Gasteiger partial charge is 0.171 e. The molecule has 0 aliphatic rings. The van der Waals surface area contributed by atoms with Crippen molar-refractivity contribution < 1.29 is 5.11 Å². The summed E-state index contributed by atoms with van der Waals surface area (Å²) < 4.78 is 0. The Hall–Kier alpha value is -0.470. The largest absolute Gasteiger partial charge is 0.505 e. The Labute approximate surface area is 81.1 Å². The highest BCUT2D eigenvalue weighted by Gasteiger charge is 2.10. The lowest BCUT2D eigenvalue weighted by Crippen LogP contribution is -1.94. The molecule has 0 aliphatic heterocycles. The fourth-order valence-electron chi connectivity index (χ4n) is 0.875. The zero-order chi connectivity index (χ0) is 9.30. The van der Waals surface area contributed by atoms with Gasteiger partial charge >= 0.3 is 0 Å². The first-order valence-electron chi connectivity index (χ1n) is 3.57. The fourth-order valence-corrected chi connectivity index (χ4v) is 1.38. The maximum absolute atomic E-state index is 9.13. The summed E-state index contributed by atoms with van der Waals surface area (Å²) in [6.07, 6.45) is 0. The molecule has 1 aromatic rings. The third-order valence-corrected chi connectivity index (χ3v) is 2.07. The molecule has 1 heterocycles. The van der Waals surface area contributed by atoms with Crippen LogP contribution < -0.4 is 0 Å². The highest BCUT2D eigenvalue weighted by Crippen LogP contribution is 2.30. The molecule has 2 nitrogen and oxygen atoms in total. The molecule has 66 valence electrons. The van der Waals surface area contributed by atoms with Crippen LogP contribution in [0.4, 0.5) is 0 Å². The molecule has 0 saturated carbocycles. The first kappa shape index (κ1) is 9.62. The van der Waals surface area contributed by atoms with Gasteiger partial charge in [0.1, 0.15) is 0 Å². The number of aromatic nitrogens is 1. The van der Waals surface area contributed by atoms with E-state index in [-0.39, 0.29) is 16.8 Å². The van der Waals surface area contributed by atoms with Gasteiger partial charge in [-0.25, -0.2) is 4.98 Å². The summed E-state index contributed by atoms with van der Waals surface area (Å²) >= 11 is 11.4. The number of rotatable bonds is 1. The number of pyridine rings is 1. The molecular formula is C8H9Cl2NO. The Balaban J connectivity index is 3.23. The summed E-state index contributed by atoms with van der Waals surface area (Å²) in [5, 5.41) is 9.68. The molecule has 0 aromatic carbocycles. The molecule has 0 amide bonds. The van der Waals surface area contributed by atoms with Crippen LogP contribution in [0.2, 0.25) is 10.2 Å². The van der Waals surface area contributed by atoms with E-state index in [1.807, 2.05) is 13.8 Å². The molecular weight excluding hydrogens is 197 g/mol. The van der Waals surface area contributed by atoms with Gasteiger partial charge in [0.2, 0.25) is 0 Å². The van der Waals surface area contributed by atoms with Crippen LogP contribution in [0.25, 0.3) is 0 Å². The zero-order valence-electron chi connectivity index (χ0n) is 6.81. The van der Waals surface area contributed by atoms with Crippen molar-refractivity contribution in [3.63, 3.8) is 0 Å². The molecule has 0 fully saturated rings. The summed E-state index contributed by atoms with van der Waals surface area (Å²) in [7, 11) is 0. The van der Waals surface area contributed by atoms with Gasteiger partial charge in [0.05, 0.1) is 10.7 Å². The predicted octanol–water partition coefficient (Wildman–Crippen LogP) is 3.22. The van der Waals surface area contributed by atoms with E-state index in [2.05, 4.69) is 4.98 Å². The van der Waals surface area contributed by atoms with Crippen LogP contribution >= 0.6 is 23.2 Å². The van der Waals surface area contributed by atoms with Crippen molar-refractivity contribution in [2.45, 2.75) is 19.8 Å². The fraction of sp³-hybridized carbons (Fsp3) is 0.375. The summed E-state index contributed by atoms with van der Waals surface area (Å²) in [4.78, 5) is 3.96. The lowest BCUT2D eigenvalue weighted by Gasteiger charge is -2.07. The second-order valence-electron chi connectivity index (χ2n) is 2.82. The first-order valence-corrected chi connectivity index (χ1v) is 4.33. The van der Waals surface area contributed by atoms with Crippen molar-refractivity contribution in [3.05, 3.63) is 21.9 Å².